The first-order chi connectivity index (χ1) is 16.0. The monoisotopic (exact) mass is 481 g/mol. The van der Waals surface area contributed by atoms with E-state index in [2.05, 4.69) is 27.7 Å². The Morgan fingerprint density at radius 2 is 1.94 bits per heavy atom. The van der Waals surface area contributed by atoms with E-state index >= 15 is 0 Å². The predicted octanol–water partition coefficient (Wildman–Crippen LogP) is 5.96. The van der Waals surface area contributed by atoms with Gasteiger partial charge in [0, 0.05) is 41.4 Å². The fourth-order valence-electron chi connectivity index (χ4n) is 6.49. The van der Waals surface area contributed by atoms with E-state index in [1.54, 1.807) is 25.6 Å². The second-order valence-corrected chi connectivity index (χ2v) is 13.2. The molecule has 4 aliphatic carbocycles. The lowest BCUT2D eigenvalue weighted by atomic mass is 9.43. The van der Waals surface area contributed by atoms with Crippen molar-refractivity contribution in [1.82, 2.24) is 0 Å². The van der Waals surface area contributed by atoms with E-state index in [9.17, 15) is 4.79 Å². The number of cyclic esters (lactones) is 1. The highest BCUT2D eigenvalue weighted by molar-refractivity contribution is 8.00. The van der Waals surface area contributed by atoms with Crippen molar-refractivity contribution in [2.45, 2.75) is 87.9 Å². The van der Waals surface area contributed by atoms with Crippen molar-refractivity contribution in [1.29, 1.82) is 0 Å². The first kappa shape index (κ1) is 22.9. The number of hydrogen-bond donors (Lipinski definition) is 0. The van der Waals surface area contributed by atoms with Gasteiger partial charge in [0.2, 0.25) is 5.79 Å². The molecule has 2 bridgehead atoms. The minimum atomic E-state index is -1.01. The van der Waals surface area contributed by atoms with Crippen LogP contribution < -0.4 is 4.74 Å². The molecule has 34 heavy (non-hydrogen) atoms. The molecule has 2 aliphatic heterocycles. The summed E-state index contributed by atoms with van der Waals surface area (Å²) < 4.78 is 24.6. The third-order valence-corrected chi connectivity index (χ3v) is 10.2. The highest BCUT2D eigenvalue weighted by atomic mass is 32.2. The van der Waals surface area contributed by atoms with E-state index in [-0.39, 0.29) is 23.1 Å². The SMILES string of the molecule is [CH2+]C1(C)[C@H]2C[C@@H]3OB(/C=C\c4ccc(S[C@@H](C)C5CC5)c5c4OC(C)(C)OC5=O)O[C@@]3(C)[C@@H]1C2. The zero-order chi connectivity index (χ0) is 24.0. The van der Waals surface area contributed by atoms with Crippen molar-refractivity contribution in [2.24, 2.45) is 23.2 Å². The molecule has 1 aromatic carbocycles. The molecule has 0 radical (unpaired) electrons. The Kier molecular flexibility index (Phi) is 5.02. The zero-order valence-electron chi connectivity index (χ0n) is 20.8. The summed E-state index contributed by atoms with van der Waals surface area (Å²) in [4.78, 5) is 13.9. The van der Waals surface area contributed by atoms with Gasteiger partial charge in [-0.2, -0.15) is 0 Å². The zero-order valence-corrected chi connectivity index (χ0v) is 21.6. The Balaban J connectivity index is 1.27. The van der Waals surface area contributed by atoms with Gasteiger partial charge in [0.1, 0.15) is 16.7 Å². The third kappa shape index (κ3) is 3.53. The van der Waals surface area contributed by atoms with Crippen molar-refractivity contribution < 1.29 is 23.6 Å². The lowest BCUT2D eigenvalue weighted by Crippen LogP contribution is -2.65. The van der Waals surface area contributed by atoms with Crippen molar-refractivity contribution in [3.05, 3.63) is 36.2 Å². The lowest BCUT2D eigenvalue weighted by Gasteiger charge is -2.60. The Labute approximate surface area is 207 Å². The second kappa shape index (κ2) is 7.47. The summed E-state index contributed by atoms with van der Waals surface area (Å²) in [5.41, 5.74) is 1.13. The van der Waals surface area contributed by atoms with Crippen LogP contribution in [0, 0.1) is 30.1 Å². The fraction of sp³-hybridized carbons (Fsp3) is 0.630. The molecule has 0 spiro atoms. The summed E-state index contributed by atoms with van der Waals surface area (Å²) in [5.74, 6) is 2.95. The van der Waals surface area contributed by atoms with Gasteiger partial charge in [0.05, 0.1) is 18.6 Å². The van der Waals surface area contributed by atoms with E-state index in [0.717, 1.165) is 22.8 Å². The molecule has 5 nitrogen and oxygen atoms in total. The maximum atomic E-state index is 13.0. The number of hydrogen-bond acceptors (Lipinski definition) is 6. The molecule has 0 amide bonds. The number of carbonyl (C=O) groups excluding carboxylic acids is 1. The largest absolute Gasteiger partial charge is 0.486 e. The number of carbonyl (C=O) groups is 1. The van der Waals surface area contributed by atoms with Gasteiger partial charge in [-0.05, 0) is 51.5 Å². The maximum Gasteiger partial charge on any atom is 0.486 e. The summed E-state index contributed by atoms with van der Waals surface area (Å²) in [7, 11) is -0.423. The Hall–Kier alpha value is -1.57. The van der Waals surface area contributed by atoms with Crippen LogP contribution in [0.25, 0.3) is 6.08 Å². The molecule has 7 rings (SSSR count). The van der Waals surface area contributed by atoms with Crippen molar-refractivity contribution in [3.63, 3.8) is 0 Å². The molecule has 5 fully saturated rings. The molecule has 1 saturated heterocycles. The summed E-state index contributed by atoms with van der Waals surface area (Å²) in [6, 6.07) is 4.05. The molecule has 180 valence electrons. The van der Waals surface area contributed by atoms with Crippen LogP contribution in [0.1, 0.15) is 76.2 Å². The Morgan fingerprint density at radius 1 is 1.18 bits per heavy atom. The second-order valence-electron chi connectivity index (χ2n) is 11.8. The van der Waals surface area contributed by atoms with Gasteiger partial charge in [0.25, 0.3) is 0 Å². The molecule has 0 aromatic heterocycles. The van der Waals surface area contributed by atoms with Crippen molar-refractivity contribution >= 4 is 30.9 Å². The highest BCUT2D eigenvalue weighted by Crippen LogP contribution is 2.65. The van der Waals surface area contributed by atoms with E-state index in [0.29, 0.717) is 28.4 Å². The maximum absolute atomic E-state index is 13.0. The van der Waals surface area contributed by atoms with Gasteiger partial charge < -0.3 is 18.8 Å². The van der Waals surface area contributed by atoms with E-state index in [1.165, 1.54) is 19.3 Å². The average Bonchev–Trinajstić information content (AvgIpc) is 3.53. The number of esters is 1. The normalized spacial score (nSPS) is 38.6. The average molecular weight is 481 g/mol. The van der Waals surface area contributed by atoms with Gasteiger partial charge >= 0.3 is 13.1 Å². The molecular formula is C27H34BO5S+. The minimum Gasteiger partial charge on any atom is -0.451 e. The van der Waals surface area contributed by atoms with Crippen LogP contribution in [0.3, 0.4) is 0 Å². The topological polar surface area (TPSA) is 54.0 Å². The van der Waals surface area contributed by atoms with Gasteiger partial charge in [-0.1, -0.05) is 25.0 Å². The molecule has 6 aliphatic rings. The summed E-state index contributed by atoms with van der Waals surface area (Å²) in [5, 5.41) is 0.461. The smallest absolute Gasteiger partial charge is 0.451 e. The van der Waals surface area contributed by atoms with E-state index in [1.807, 2.05) is 24.2 Å². The Morgan fingerprint density at radius 3 is 2.65 bits per heavy atom. The third-order valence-electron chi connectivity index (χ3n) is 8.82. The molecule has 2 heterocycles. The summed E-state index contributed by atoms with van der Waals surface area (Å²) in [6.45, 7) is 14.7. The molecule has 7 heteroatoms. The van der Waals surface area contributed by atoms with Crippen LogP contribution in [-0.2, 0) is 14.0 Å². The number of benzene rings is 1. The van der Waals surface area contributed by atoms with Crippen LogP contribution in [0.4, 0.5) is 0 Å². The molecule has 4 saturated carbocycles. The number of rotatable bonds is 5. The van der Waals surface area contributed by atoms with Gasteiger partial charge in [-0.3, -0.25) is 0 Å². The Bertz CT molecular complexity index is 1060. The van der Waals surface area contributed by atoms with Gasteiger partial charge in [-0.15, -0.1) is 11.8 Å². The fourth-order valence-corrected chi connectivity index (χ4v) is 7.80. The van der Waals surface area contributed by atoms with Crippen LogP contribution >= 0.6 is 11.8 Å². The lowest BCUT2D eigenvalue weighted by molar-refractivity contribution is -0.187. The molecular weight excluding hydrogens is 447 g/mol. The summed E-state index contributed by atoms with van der Waals surface area (Å²) >= 11 is 1.74. The standard InChI is InChI=1S/C27H34BO5S/c1-15(16-7-8-16)34-19-10-9-17(23-22(19)24(29)31-26(4,5)30-23)11-12-28-32-21-14-18-13-20(25(18,2)3)27(21,6)33-28/h9-12,15-16,18,20-21H,2,7-8,13-14H2,1,3-6H3/q+1/b12-11-/t15-,18+,20+,21-,25?,27-/m0/s1. The first-order valence-corrected chi connectivity index (χ1v) is 13.5. The number of thioether (sulfide) groups is 1. The predicted molar refractivity (Wildman–Crippen MR) is 133 cm³/mol. The molecule has 1 aromatic rings. The van der Waals surface area contributed by atoms with Gasteiger partial charge in [-0.25, -0.2) is 4.79 Å². The highest BCUT2D eigenvalue weighted by Gasteiger charge is 2.71. The minimum absolute atomic E-state index is 0.0666. The van der Waals surface area contributed by atoms with Crippen LogP contribution in [0.2, 0.25) is 0 Å². The van der Waals surface area contributed by atoms with Crippen molar-refractivity contribution in [2.75, 3.05) is 0 Å². The number of ether oxygens (including phenoxy) is 2. The van der Waals surface area contributed by atoms with Gasteiger partial charge in [0.15, 0.2) is 0 Å². The van der Waals surface area contributed by atoms with Crippen molar-refractivity contribution in [3.8, 4) is 5.75 Å². The van der Waals surface area contributed by atoms with E-state index < -0.39 is 12.9 Å². The molecule has 0 N–H and O–H groups in total. The van der Waals surface area contributed by atoms with E-state index in [4.69, 9.17) is 18.8 Å². The molecule has 1 unspecified atom stereocenters. The summed E-state index contributed by atoms with van der Waals surface area (Å²) in [6.07, 6.45) is 6.76. The van der Waals surface area contributed by atoms with Crippen LogP contribution in [0.15, 0.2) is 23.0 Å². The molecule has 6 atom stereocenters. The first-order valence-electron chi connectivity index (χ1n) is 12.6. The number of fused-ring (bicyclic) bond motifs is 1. The quantitative estimate of drug-likeness (QED) is 0.224. The van der Waals surface area contributed by atoms with Crippen LogP contribution in [0.5, 0.6) is 5.75 Å². The van der Waals surface area contributed by atoms with Crippen LogP contribution in [-0.4, -0.2) is 35.8 Å².